The zero-order valence-electron chi connectivity index (χ0n) is 9.08. The van der Waals surface area contributed by atoms with Gasteiger partial charge in [-0.3, -0.25) is 4.79 Å². The van der Waals surface area contributed by atoms with Gasteiger partial charge in [0.2, 0.25) is 0 Å². The van der Waals surface area contributed by atoms with Crippen LogP contribution in [0.3, 0.4) is 0 Å². The van der Waals surface area contributed by atoms with Crippen LogP contribution in [0.15, 0.2) is 42.5 Å². The first-order chi connectivity index (χ1) is 8.59. The van der Waals surface area contributed by atoms with Gasteiger partial charge in [0, 0.05) is 3.57 Å². The second-order valence-corrected chi connectivity index (χ2v) is 5.10. The summed E-state index contributed by atoms with van der Waals surface area (Å²) < 4.78 is 14.3. The molecule has 2 nitrogen and oxygen atoms in total. The SMILES string of the molecule is O=C(Nc1c(F)cccc1Cl)c1ccccc1I. The van der Waals surface area contributed by atoms with Gasteiger partial charge in [0.15, 0.2) is 0 Å². The molecule has 2 rings (SSSR count). The van der Waals surface area contributed by atoms with Crippen molar-refractivity contribution in [1.82, 2.24) is 0 Å². The Hall–Kier alpha value is -1.14. The van der Waals surface area contributed by atoms with Crippen molar-refractivity contribution in [3.63, 3.8) is 0 Å². The number of amides is 1. The number of carbonyl (C=O) groups is 1. The lowest BCUT2D eigenvalue weighted by molar-refractivity contribution is 0.102. The Kier molecular flexibility index (Phi) is 4.19. The van der Waals surface area contributed by atoms with Crippen LogP contribution in [-0.4, -0.2) is 5.91 Å². The highest BCUT2D eigenvalue weighted by Crippen LogP contribution is 2.25. The number of nitrogens with one attached hydrogen (secondary N) is 1. The molecule has 0 saturated heterocycles. The lowest BCUT2D eigenvalue weighted by Gasteiger charge is -2.09. The zero-order valence-corrected chi connectivity index (χ0v) is 12.0. The average Bonchev–Trinajstić information content (AvgIpc) is 2.34. The highest BCUT2D eigenvalue weighted by Gasteiger charge is 2.13. The summed E-state index contributed by atoms with van der Waals surface area (Å²) in [6.45, 7) is 0. The molecule has 0 heterocycles. The van der Waals surface area contributed by atoms with Gasteiger partial charge < -0.3 is 5.32 Å². The van der Waals surface area contributed by atoms with Gasteiger partial charge >= 0.3 is 0 Å². The van der Waals surface area contributed by atoms with Crippen LogP contribution in [-0.2, 0) is 0 Å². The van der Waals surface area contributed by atoms with E-state index in [0.29, 0.717) is 5.56 Å². The van der Waals surface area contributed by atoms with Gasteiger partial charge in [-0.15, -0.1) is 0 Å². The van der Waals surface area contributed by atoms with Crippen molar-refractivity contribution in [2.24, 2.45) is 0 Å². The summed E-state index contributed by atoms with van der Waals surface area (Å²) in [6.07, 6.45) is 0. The molecule has 1 amide bonds. The van der Waals surface area contributed by atoms with Gasteiger partial charge in [-0.1, -0.05) is 29.8 Å². The standard InChI is InChI=1S/C13H8ClFINO/c14-9-5-3-6-10(15)12(9)17-13(18)8-4-1-2-7-11(8)16/h1-7H,(H,17,18). The summed E-state index contributed by atoms with van der Waals surface area (Å²) >= 11 is 7.89. The second-order valence-electron chi connectivity index (χ2n) is 3.53. The van der Waals surface area contributed by atoms with Crippen LogP contribution in [0.2, 0.25) is 5.02 Å². The molecule has 0 aliphatic rings. The van der Waals surface area contributed by atoms with Crippen LogP contribution in [0.25, 0.3) is 0 Å². The molecular formula is C13H8ClFINO. The van der Waals surface area contributed by atoms with Gasteiger partial charge in [-0.2, -0.15) is 0 Å². The predicted octanol–water partition coefficient (Wildman–Crippen LogP) is 4.34. The maximum atomic E-state index is 13.5. The normalized spacial score (nSPS) is 10.2. The molecule has 0 fully saturated rings. The van der Waals surface area contributed by atoms with Gasteiger partial charge in [0.25, 0.3) is 5.91 Å². The molecule has 0 spiro atoms. The Morgan fingerprint density at radius 1 is 1.17 bits per heavy atom. The lowest BCUT2D eigenvalue weighted by atomic mass is 10.2. The van der Waals surface area contributed by atoms with Crippen LogP contribution >= 0.6 is 34.2 Å². The van der Waals surface area contributed by atoms with Gasteiger partial charge in [-0.05, 0) is 46.9 Å². The molecule has 18 heavy (non-hydrogen) atoms. The maximum absolute atomic E-state index is 13.5. The molecule has 0 aliphatic heterocycles. The first kappa shape index (κ1) is 13.3. The quantitative estimate of drug-likeness (QED) is 0.778. The molecule has 0 atom stereocenters. The monoisotopic (exact) mass is 375 g/mol. The summed E-state index contributed by atoms with van der Waals surface area (Å²) in [4.78, 5) is 12.0. The zero-order chi connectivity index (χ0) is 13.1. The number of carbonyl (C=O) groups excluding carboxylic acids is 1. The molecule has 0 saturated carbocycles. The molecule has 2 aromatic carbocycles. The van der Waals surface area contributed by atoms with Gasteiger partial charge in [0.1, 0.15) is 5.82 Å². The fourth-order valence-corrected chi connectivity index (χ4v) is 2.29. The van der Waals surface area contributed by atoms with Crippen molar-refractivity contribution in [2.45, 2.75) is 0 Å². The molecule has 0 radical (unpaired) electrons. The smallest absolute Gasteiger partial charge is 0.256 e. The Labute approximate surface area is 122 Å². The molecular weight excluding hydrogens is 368 g/mol. The van der Waals surface area contributed by atoms with E-state index in [1.165, 1.54) is 18.2 Å². The first-order valence-corrected chi connectivity index (χ1v) is 6.55. The minimum atomic E-state index is -0.554. The van der Waals surface area contributed by atoms with Gasteiger partial charge in [0.05, 0.1) is 16.3 Å². The van der Waals surface area contributed by atoms with Gasteiger partial charge in [-0.25, -0.2) is 4.39 Å². The van der Waals surface area contributed by atoms with Crippen molar-refractivity contribution in [3.05, 3.63) is 62.4 Å². The van der Waals surface area contributed by atoms with Crippen molar-refractivity contribution in [2.75, 3.05) is 5.32 Å². The Morgan fingerprint density at radius 2 is 1.89 bits per heavy atom. The van der Waals surface area contributed by atoms with Crippen LogP contribution in [0.1, 0.15) is 10.4 Å². The van der Waals surface area contributed by atoms with E-state index in [1.54, 1.807) is 18.2 Å². The third kappa shape index (κ3) is 2.81. The Balaban J connectivity index is 2.30. The number of benzene rings is 2. The molecule has 0 aromatic heterocycles. The van der Waals surface area contributed by atoms with E-state index in [2.05, 4.69) is 5.32 Å². The molecule has 92 valence electrons. The number of para-hydroxylation sites is 1. The number of hydrogen-bond acceptors (Lipinski definition) is 1. The molecule has 0 aliphatic carbocycles. The number of hydrogen-bond donors (Lipinski definition) is 1. The van der Waals surface area contributed by atoms with E-state index in [0.717, 1.165) is 3.57 Å². The first-order valence-electron chi connectivity index (χ1n) is 5.09. The van der Waals surface area contributed by atoms with Crippen molar-refractivity contribution in [1.29, 1.82) is 0 Å². The summed E-state index contributed by atoms with van der Waals surface area (Å²) in [6, 6.07) is 11.3. The third-order valence-corrected chi connectivity index (χ3v) is 3.58. The van der Waals surface area contributed by atoms with E-state index in [1.807, 2.05) is 28.7 Å². The van der Waals surface area contributed by atoms with E-state index in [-0.39, 0.29) is 16.6 Å². The molecule has 5 heteroatoms. The van der Waals surface area contributed by atoms with E-state index in [4.69, 9.17) is 11.6 Å². The van der Waals surface area contributed by atoms with E-state index in [9.17, 15) is 9.18 Å². The van der Waals surface area contributed by atoms with Crippen LogP contribution in [0, 0.1) is 9.39 Å². The highest BCUT2D eigenvalue weighted by molar-refractivity contribution is 14.1. The Morgan fingerprint density at radius 3 is 2.56 bits per heavy atom. The fourth-order valence-electron chi connectivity index (χ4n) is 1.44. The molecule has 0 bridgehead atoms. The summed E-state index contributed by atoms with van der Waals surface area (Å²) in [5.74, 6) is -0.936. The summed E-state index contributed by atoms with van der Waals surface area (Å²) in [7, 11) is 0. The van der Waals surface area contributed by atoms with E-state index >= 15 is 0 Å². The third-order valence-electron chi connectivity index (χ3n) is 2.32. The largest absolute Gasteiger partial charge is 0.318 e. The maximum Gasteiger partial charge on any atom is 0.256 e. The summed E-state index contributed by atoms with van der Waals surface area (Å²) in [5, 5.41) is 2.66. The van der Waals surface area contributed by atoms with E-state index < -0.39 is 5.82 Å². The van der Waals surface area contributed by atoms with Crippen LogP contribution in [0.5, 0.6) is 0 Å². The fraction of sp³-hybridized carbons (Fsp3) is 0. The minimum absolute atomic E-state index is 0.00354. The average molecular weight is 376 g/mol. The second kappa shape index (κ2) is 5.67. The molecule has 2 aromatic rings. The predicted molar refractivity (Wildman–Crippen MR) is 78.5 cm³/mol. The van der Waals surface area contributed by atoms with Crippen molar-refractivity contribution in [3.8, 4) is 0 Å². The lowest BCUT2D eigenvalue weighted by Crippen LogP contribution is -2.14. The van der Waals surface area contributed by atoms with Crippen molar-refractivity contribution >= 4 is 45.8 Å². The van der Waals surface area contributed by atoms with Crippen LogP contribution in [0.4, 0.5) is 10.1 Å². The number of rotatable bonds is 2. The van der Waals surface area contributed by atoms with Crippen LogP contribution < -0.4 is 5.32 Å². The number of anilines is 1. The topological polar surface area (TPSA) is 29.1 Å². The van der Waals surface area contributed by atoms with Crippen molar-refractivity contribution < 1.29 is 9.18 Å². The Bertz CT molecular complexity index is 583. The summed E-state index contributed by atoms with van der Waals surface area (Å²) in [5.41, 5.74) is 0.487. The number of halogens is 3. The highest BCUT2D eigenvalue weighted by atomic mass is 127. The molecule has 0 unspecified atom stereocenters. The minimum Gasteiger partial charge on any atom is -0.318 e. The molecule has 1 N–H and O–H groups in total.